The number of ether oxygens (including phenoxy) is 1. The molecule has 2 rings (SSSR count). The van der Waals surface area contributed by atoms with Gasteiger partial charge in [0.25, 0.3) is 0 Å². The van der Waals surface area contributed by atoms with Gasteiger partial charge in [-0.3, -0.25) is 4.79 Å². The van der Waals surface area contributed by atoms with E-state index < -0.39 is 0 Å². The van der Waals surface area contributed by atoms with E-state index in [1.54, 1.807) is 0 Å². The molecule has 1 saturated heterocycles. The van der Waals surface area contributed by atoms with Crippen molar-refractivity contribution in [3.05, 3.63) is 30.3 Å². The Kier molecular flexibility index (Phi) is 7.03. The van der Waals surface area contributed by atoms with Crippen LogP contribution in [-0.4, -0.2) is 60.4 Å². The van der Waals surface area contributed by atoms with Gasteiger partial charge in [0.2, 0.25) is 5.91 Å². The van der Waals surface area contributed by atoms with Gasteiger partial charge in [0.05, 0.1) is 13.0 Å². The molecule has 0 spiro atoms. The molecule has 0 bridgehead atoms. The maximum Gasteiger partial charge on any atom is 0.226 e. The second-order valence-corrected chi connectivity index (χ2v) is 5.97. The van der Waals surface area contributed by atoms with Crippen molar-refractivity contribution in [1.82, 2.24) is 9.80 Å². The number of carbonyl (C=O) groups is 1. The molecule has 0 atom stereocenters. The molecule has 1 aliphatic heterocycles. The van der Waals surface area contributed by atoms with Crippen LogP contribution in [0.3, 0.4) is 0 Å². The molecule has 0 radical (unpaired) electrons. The van der Waals surface area contributed by atoms with Gasteiger partial charge in [-0.15, -0.1) is 0 Å². The monoisotopic (exact) mass is 354 g/mol. The summed E-state index contributed by atoms with van der Waals surface area (Å²) in [5, 5.41) is 0.992. The van der Waals surface area contributed by atoms with Gasteiger partial charge in [0.1, 0.15) is 5.75 Å². The summed E-state index contributed by atoms with van der Waals surface area (Å²) >= 11 is 3.47. The smallest absolute Gasteiger partial charge is 0.226 e. The molecule has 116 valence electrons. The summed E-state index contributed by atoms with van der Waals surface area (Å²) in [7, 11) is 0. The van der Waals surface area contributed by atoms with Gasteiger partial charge in [-0.05, 0) is 25.1 Å². The zero-order valence-corrected chi connectivity index (χ0v) is 13.9. The first kappa shape index (κ1) is 16.3. The van der Waals surface area contributed by atoms with Crippen molar-refractivity contribution in [2.75, 3.05) is 44.7 Å². The van der Waals surface area contributed by atoms with Crippen LogP contribution in [-0.2, 0) is 4.79 Å². The van der Waals surface area contributed by atoms with E-state index in [1.165, 1.54) is 0 Å². The lowest BCUT2D eigenvalue weighted by molar-refractivity contribution is -0.131. The van der Waals surface area contributed by atoms with Crippen molar-refractivity contribution in [3.63, 3.8) is 0 Å². The molecule has 1 aliphatic rings. The fourth-order valence-electron chi connectivity index (χ4n) is 2.49. The second-order valence-electron chi connectivity index (χ2n) is 5.18. The summed E-state index contributed by atoms with van der Waals surface area (Å²) in [6.45, 7) is 5.25. The SMILES string of the molecule is O=C(CCOc1ccccc1)N1CCCN(CCBr)CC1. The van der Waals surface area contributed by atoms with Gasteiger partial charge in [-0.25, -0.2) is 0 Å². The van der Waals surface area contributed by atoms with Crippen LogP contribution in [0, 0.1) is 0 Å². The lowest BCUT2D eigenvalue weighted by Gasteiger charge is -2.21. The highest BCUT2D eigenvalue weighted by Crippen LogP contribution is 2.10. The summed E-state index contributed by atoms with van der Waals surface area (Å²) in [4.78, 5) is 16.6. The minimum atomic E-state index is 0.201. The molecule has 0 unspecified atom stereocenters. The number of hydrogen-bond donors (Lipinski definition) is 0. The van der Waals surface area contributed by atoms with Crippen molar-refractivity contribution in [2.24, 2.45) is 0 Å². The minimum absolute atomic E-state index is 0.201. The summed E-state index contributed by atoms with van der Waals surface area (Å²) in [6.07, 6.45) is 1.51. The van der Waals surface area contributed by atoms with Crippen LogP contribution < -0.4 is 4.74 Å². The predicted molar refractivity (Wildman–Crippen MR) is 88.0 cm³/mol. The highest BCUT2D eigenvalue weighted by molar-refractivity contribution is 9.09. The molecule has 1 heterocycles. The number of amides is 1. The van der Waals surface area contributed by atoms with E-state index in [1.807, 2.05) is 35.2 Å². The fourth-order valence-corrected chi connectivity index (χ4v) is 3.00. The Labute approximate surface area is 135 Å². The molecule has 0 aliphatic carbocycles. The highest BCUT2D eigenvalue weighted by Gasteiger charge is 2.18. The van der Waals surface area contributed by atoms with Crippen LogP contribution in [0.15, 0.2) is 30.3 Å². The molecule has 1 fully saturated rings. The zero-order valence-electron chi connectivity index (χ0n) is 12.3. The summed E-state index contributed by atoms with van der Waals surface area (Å²) in [6, 6.07) is 9.64. The number of nitrogens with zero attached hydrogens (tertiary/aromatic N) is 2. The quantitative estimate of drug-likeness (QED) is 0.735. The molecular weight excluding hydrogens is 332 g/mol. The first-order valence-electron chi connectivity index (χ1n) is 7.53. The molecule has 1 amide bonds. The van der Waals surface area contributed by atoms with E-state index >= 15 is 0 Å². The third-order valence-electron chi connectivity index (χ3n) is 3.67. The molecule has 5 heteroatoms. The molecule has 0 aromatic heterocycles. The van der Waals surface area contributed by atoms with Crippen molar-refractivity contribution >= 4 is 21.8 Å². The Morgan fingerprint density at radius 1 is 1.14 bits per heavy atom. The standard InChI is InChI=1S/C16H23BrN2O2/c17-8-11-18-9-4-10-19(13-12-18)16(20)7-14-21-15-5-2-1-3-6-15/h1-3,5-6H,4,7-14H2. The lowest BCUT2D eigenvalue weighted by atomic mass is 10.3. The number of rotatable bonds is 6. The number of carbonyl (C=O) groups excluding carboxylic acids is 1. The van der Waals surface area contributed by atoms with Crippen LogP contribution in [0.2, 0.25) is 0 Å². The Bertz CT molecular complexity index is 428. The summed E-state index contributed by atoms with van der Waals surface area (Å²) in [5.74, 6) is 1.02. The topological polar surface area (TPSA) is 32.8 Å². The Balaban J connectivity index is 1.70. The fraction of sp³-hybridized carbons (Fsp3) is 0.562. The number of halogens is 1. The van der Waals surface area contributed by atoms with Gasteiger partial charge < -0.3 is 14.5 Å². The molecule has 0 saturated carbocycles. The summed E-state index contributed by atoms with van der Waals surface area (Å²) in [5.41, 5.74) is 0. The molecular formula is C16H23BrN2O2. The number of hydrogen-bond acceptors (Lipinski definition) is 3. The summed E-state index contributed by atoms with van der Waals surface area (Å²) < 4.78 is 5.59. The average Bonchev–Trinajstić information content (AvgIpc) is 2.74. The second kappa shape index (κ2) is 9.05. The predicted octanol–water partition coefficient (Wildman–Crippen LogP) is 2.38. The first-order chi connectivity index (χ1) is 10.3. The Morgan fingerprint density at radius 3 is 2.71 bits per heavy atom. The molecule has 1 aromatic rings. The first-order valence-corrected chi connectivity index (χ1v) is 8.65. The number of benzene rings is 1. The third kappa shape index (κ3) is 5.67. The largest absolute Gasteiger partial charge is 0.493 e. The van der Waals surface area contributed by atoms with Crippen molar-refractivity contribution in [2.45, 2.75) is 12.8 Å². The molecule has 21 heavy (non-hydrogen) atoms. The Morgan fingerprint density at radius 2 is 1.95 bits per heavy atom. The van der Waals surface area contributed by atoms with Gasteiger partial charge in [0, 0.05) is 31.5 Å². The van der Waals surface area contributed by atoms with E-state index in [0.29, 0.717) is 13.0 Å². The van der Waals surface area contributed by atoms with Crippen molar-refractivity contribution in [3.8, 4) is 5.75 Å². The van der Waals surface area contributed by atoms with E-state index in [0.717, 1.165) is 50.2 Å². The van der Waals surface area contributed by atoms with Crippen LogP contribution in [0.4, 0.5) is 0 Å². The van der Waals surface area contributed by atoms with Crippen molar-refractivity contribution in [1.29, 1.82) is 0 Å². The highest BCUT2D eigenvalue weighted by atomic mass is 79.9. The van der Waals surface area contributed by atoms with Gasteiger partial charge in [-0.1, -0.05) is 34.1 Å². The van der Waals surface area contributed by atoms with Crippen LogP contribution in [0.25, 0.3) is 0 Å². The maximum absolute atomic E-state index is 12.2. The van der Waals surface area contributed by atoms with Crippen LogP contribution >= 0.6 is 15.9 Å². The lowest BCUT2D eigenvalue weighted by Crippen LogP contribution is -2.36. The van der Waals surface area contributed by atoms with Gasteiger partial charge in [-0.2, -0.15) is 0 Å². The van der Waals surface area contributed by atoms with E-state index in [4.69, 9.17) is 4.74 Å². The zero-order chi connectivity index (χ0) is 14.9. The van der Waals surface area contributed by atoms with Crippen molar-refractivity contribution < 1.29 is 9.53 Å². The molecule has 1 aromatic carbocycles. The van der Waals surface area contributed by atoms with Crippen LogP contribution in [0.5, 0.6) is 5.75 Å². The molecule has 0 N–H and O–H groups in total. The number of para-hydroxylation sites is 1. The van der Waals surface area contributed by atoms with E-state index in [2.05, 4.69) is 20.8 Å². The van der Waals surface area contributed by atoms with E-state index in [-0.39, 0.29) is 5.91 Å². The van der Waals surface area contributed by atoms with Gasteiger partial charge in [0.15, 0.2) is 0 Å². The normalized spacial score (nSPS) is 16.5. The minimum Gasteiger partial charge on any atom is -0.493 e. The maximum atomic E-state index is 12.2. The Hall–Kier alpha value is -1.07. The molecule has 4 nitrogen and oxygen atoms in total. The third-order valence-corrected chi connectivity index (χ3v) is 4.02. The van der Waals surface area contributed by atoms with Gasteiger partial charge >= 0.3 is 0 Å². The van der Waals surface area contributed by atoms with E-state index in [9.17, 15) is 4.79 Å². The number of alkyl halides is 1. The average molecular weight is 355 g/mol. The van der Waals surface area contributed by atoms with Crippen LogP contribution in [0.1, 0.15) is 12.8 Å².